The van der Waals surface area contributed by atoms with Crippen molar-refractivity contribution in [2.45, 2.75) is 40.0 Å². The number of carbonyl (C=O) groups excluding carboxylic acids is 1. The average molecular weight is 388 g/mol. The quantitative estimate of drug-likeness (QED) is 0.742. The molecule has 7 heteroatoms. The molecule has 2 aromatic rings. The van der Waals surface area contributed by atoms with E-state index in [1.807, 2.05) is 0 Å². The Morgan fingerprint density at radius 2 is 2.23 bits per heavy atom. The lowest BCUT2D eigenvalue weighted by Crippen LogP contribution is -2.33. The molecule has 0 spiro atoms. The lowest BCUT2D eigenvalue weighted by molar-refractivity contribution is 0.0950. The summed E-state index contributed by atoms with van der Waals surface area (Å²) in [4.78, 5) is 13.3. The van der Waals surface area contributed by atoms with Gasteiger partial charge in [-0.15, -0.1) is 11.3 Å². The average Bonchev–Trinajstić information content (AvgIpc) is 3.20. The molecular formula is C19H21N3O2S2. The molecule has 0 unspecified atom stereocenters. The van der Waals surface area contributed by atoms with Gasteiger partial charge in [-0.25, -0.2) is 0 Å². The lowest BCUT2D eigenvalue weighted by atomic mass is 9.72. The lowest BCUT2D eigenvalue weighted by Gasteiger charge is -2.33. The van der Waals surface area contributed by atoms with Gasteiger partial charge in [0.15, 0.2) is 10.9 Å². The zero-order valence-electron chi connectivity index (χ0n) is 15.0. The van der Waals surface area contributed by atoms with E-state index in [1.54, 1.807) is 23.5 Å². The molecule has 0 bridgehead atoms. The molecule has 1 atom stereocenters. The highest BCUT2D eigenvalue weighted by Crippen LogP contribution is 2.43. The Balaban J connectivity index is 1.75. The van der Waals surface area contributed by atoms with Crippen LogP contribution in [0.1, 0.15) is 53.8 Å². The molecule has 0 radical (unpaired) electrons. The van der Waals surface area contributed by atoms with Crippen LogP contribution in [0, 0.1) is 22.7 Å². The predicted molar refractivity (Wildman–Crippen MR) is 106 cm³/mol. The van der Waals surface area contributed by atoms with E-state index in [2.05, 4.69) is 37.5 Å². The van der Waals surface area contributed by atoms with E-state index >= 15 is 0 Å². The van der Waals surface area contributed by atoms with Crippen LogP contribution in [0.4, 0.5) is 5.00 Å². The summed E-state index contributed by atoms with van der Waals surface area (Å²) in [5.41, 5.74) is 2.02. The monoisotopic (exact) mass is 387 g/mol. The number of carbonyl (C=O) groups is 1. The minimum Gasteiger partial charge on any atom is -0.459 e. The fourth-order valence-corrected chi connectivity index (χ4v) is 4.78. The number of nitrogens with one attached hydrogen (secondary N) is 2. The van der Waals surface area contributed by atoms with Crippen LogP contribution >= 0.6 is 23.6 Å². The number of furan rings is 1. The highest BCUT2D eigenvalue weighted by Gasteiger charge is 2.32. The Bertz CT molecular complexity index is 870. The van der Waals surface area contributed by atoms with Crippen LogP contribution in [0.25, 0.3) is 0 Å². The first-order chi connectivity index (χ1) is 12.3. The van der Waals surface area contributed by atoms with E-state index in [0.717, 1.165) is 24.8 Å². The molecule has 0 saturated heterocycles. The molecule has 136 valence electrons. The van der Waals surface area contributed by atoms with Gasteiger partial charge in [0.05, 0.1) is 11.8 Å². The van der Waals surface area contributed by atoms with Crippen LogP contribution in [-0.2, 0) is 12.8 Å². The molecular weight excluding hydrogens is 366 g/mol. The van der Waals surface area contributed by atoms with E-state index in [9.17, 15) is 10.1 Å². The van der Waals surface area contributed by atoms with Crippen molar-refractivity contribution in [1.82, 2.24) is 5.32 Å². The Morgan fingerprint density at radius 1 is 1.46 bits per heavy atom. The molecule has 2 N–H and O–H groups in total. The number of anilines is 1. The van der Waals surface area contributed by atoms with E-state index in [-0.39, 0.29) is 16.3 Å². The second-order valence-electron chi connectivity index (χ2n) is 7.51. The van der Waals surface area contributed by atoms with Gasteiger partial charge in [-0.3, -0.25) is 10.1 Å². The topological polar surface area (TPSA) is 78.1 Å². The number of rotatable bonds is 2. The zero-order chi connectivity index (χ0) is 18.9. The van der Waals surface area contributed by atoms with Gasteiger partial charge in [-0.05, 0) is 60.5 Å². The molecule has 0 aliphatic heterocycles. The van der Waals surface area contributed by atoms with Gasteiger partial charge in [0.25, 0.3) is 5.91 Å². The Morgan fingerprint density at radius 3 is 2.85 bits per heavy atom. The summed E-state index contributed by atoms with van der Waals surface area (Å²) in [6, 6.07) is 5.50. The zero-order valence-corrected chi connectivity index (χ0v) is 16.6. The first kappa shape index (κ1) is 18.6. The van der Waals surface area contributed by atoms with Crippen molar-refractivity contribution in [3.8, 4) is 6.07 Å². The molecule has 0 fully saturated rings. The van der Waals surface area contributed by atoms with E-state index in [1.165, 1.54) is 11.1 Å². The van der Waals surface area contributed by atoms with Gasteiger partial charge in [-0.2, -0.15) is 5.26 Å². The minimum absolute atomic E-state index is 0.161. The summed E-state index contributed by atoms with van der Waals surface area (Å²) in [6.45, 7) is 6.79. The fraction of sp³-hybridized carbons (Fsp3) is 0.421. The van der Waals surface area contributed by atoms with Crippen molar-refractivity contribution in [3.05, 3.63) is 40.2 Å². The summed E-state index contributed by atoms with van der Waals surface area (Å²) < 4.78 is 5.05. The number of fused-ring (bicyclic) bond motifs is 1. The van der Waals surface area contributed by atoms with Gasteiger partial charge in [0.2, 0.25) is 0 Å². The number of amides is 1. The van der Waals surface area contributed by atoms with Crippen LogP contribution in [0.15, 0.2) is 22.8 Å². The number of nitrogens with zero attached hydrogens (tertiary/aromatic N) is 1. The standard InChI is InChI=1S/C19H21N3O2S2/c1-19(2,3)11-6-7-12-13(10-20)17(26-15(12)9-11)22-18(25)21-16(23)14-5-4-8-24-14/h4-5,8,11H,6-7,9H2,1-3H3,(H2,21,22,23,25)/t11-/m1/s1. The number of thiocarbonyl (C=S) groups is 1. The Labute approximate surface area is 162 Å². The molecule has 2 aromatic heterocycles. The van der Waals surface area contributed by atoms with Crippen LogP contribution in [0.3, 0.4) is 0 Å². The molecule has 3 rings (SSSR count). The Kier molecular flexibility index (Phi) is 5.17. The smallest absolute Gasteiger partial charge is 0.293 e. The van der Waals surface area contributed by atoms with E-state index < -0.39 is 5.91 Å². The maximum atomic E-state index is 12.0. The number of nitriles is 1. The van der Waals surface area contributed by atoms with Crippen LogP contribution in [0.5, 0.6) is 0 Å². The van der Waals surface area contributed by atoms with E-state index in [0.29, 0.717) is 16.5 Å². The minimum atomic E-state index is -0.417. The molecule has 1 aliphatic rings. The first-order valence-electron chi connectivity index (χ1n) is 8.50. The largest absolute Gasteiger partial charge is 0.459 e. The third-order valence-corrected chi connectivity index (χ3v) is 6.17. The van der Waals surface area contributed by atoms with Gasteiger partial charge in [0.1, 0.15) is 11.1 Å². The first-order valence-corrected chi connectivity index (χ1v) is 9.72. The van der Waals surface area contributed by atoms with Crippen LogP contribution in [-0.4, -0.2) is 11.0 Å². The Hall–Kier alpha value is -2.17. The summed E-state index contributed by atoms with van der Waals surface area (Å²) in [5.74, 6) is 0.368. The summed E-state index contributed by atoms with van der Waals surface area (Å²) in [5, 5.41) is 16.1. The van der Waals surface area contributed by atoms with Crippen LogP contribution in [0.2, 0.25) is 0 Å². The van der Waals surface area contributed by atoms with Crippen molar-refractivity contribution >= 4 is 39.6 Å². The second kappa shape index (κ2) is 7.22. The normalized spacial score (nSPS) is 16.5. The van der Waals surface area contributed by atoms with Crippen molar-refractivity contribution in [3.63, 3.8) is 0 Å². The molecule has 0 aromatic carbocycles. The van der Waals surface area contributed by atoms with Gasteiger partial charge >= 0.3 is 0 Å². The highest BCUT2D eigenvalue weighted by molar-refractivity contribution is 7.80. The second-order valence-corrected chi connectivity index (χ2v) is 9.02. The van der Waals surface area contributed by atoms with Crippen molar-refractivity contribution in [2.24, 2.45) is 11.3 Å². The van der Waals surface area contributed by atoms with Crippen LogP contribution < -0.4 is 10.6 Å². The molecule has 5 nitrogen and oxygen atoms in total. The van der Waals surface area contributed by atoms with Crippen molar-refractivity contribution in [2.75, 3.05) is 5.32 Å². The third-order valence-electron chi connectivity index (χ3n) is 4.80. The van der Waals surface area contributed by atoms with Gasteiger partial charge < -0.3 is 9.73 Å². The number of hydrogen-bond donors (Lipinski definition) is 2. The maximum absolute atomic E-state index is 12.0. The molecule has 1 aliphatic carbocycles. The number of hydrogen-bond acceptors (Lipinski definition) is 5. The fourth-order valence-electron chi connectivity index (χ4n) is 3.24. The molecule has 1 amide bonds. The number of thiophene rings is 1. The SMILES string of the molecule is CC(C)(C)[C@@H]1CCc2c(sc(NC(=S)NC(=O)c3ccco3)c2C#N)C1. The summed E-state index contributed by atoms with van der Waals surface area (Å²) in [6.07, 6.45) is 4.40. The highest BCUT2D eigenvalue weighted by atomic mass is 32.1. The maximum Gasteiger partial charge on any atom is 0.293 e. The molecule has 26 heavy (non-hydrogen) atoms. The molecule has 2 heterocycles. The third kappa shape index (κ3) is 3.81. The summed E-state index contributed by atoms with van der Waals surface area (Å²) >= 11 is 6.79. The molecule has 0 saturated carbocycles. The van der Waals surface area contributed by atoms with Crippen molar-refractivity contribution < 1.29 is 9.21 Å². The van der Waals surface area contributed by atoms with Gasteiger partial charge in [-0.1, -0.05) is 20.8 Å². The van der Waals surface area contributed by atoms with E-state index in [4.69, 9.17) is 16.6 Å². The van der Waals surface area contributed by atoms with Gasteiger partial charge in [0, 0.05) is 4.88 Å². The predicted octanol–water partition coefficient (Wildman–Crippen LogP) is 4.49. The van der Waals surface area contributed by atoms with Crippen molar-refractivity contribution in [1.29, 1.82) is 5.26 Å². The summed E-state index contributed by atoms with van der Waals surface area (Å²) in [7, 11) is 0.